The Kier molecular flexibility index (Phi) is 5.03. The molecule has 0 aromatic heterocycles. The highest BCUT2D eigenvalue weighted by molar-refractivity contribution is 7.99. The molecule has 1 heterocycles. The van der Waals surface area contributed by atoms with Gasteiger partial charge in [0.05, 0.1) is 6.10 Å². The molecule has 2 N–H and O–H groups in total. The highest BCUT2D eigenvalue weighted by atomic mass is 32.2. The predicted molar refractivity (Wildman–Crippen MR) is 74.2 cm³/mol. The number of thioether (sulfide) groups is 1. The number of hydrogen-bond donors (Lipinski definition) is 1. The molecule has 0 spiro atoms. The fraction of sp³-hybridized carbons (Fsp3) is 0.571. The van der Waals surface area contributed by atoms with Crippen molar-refractivity contribution in [3.63, 3.8) is 0 Å². The molecule has 2 rings (SSSR count). The first kappa shape index (κ1) is 13.8. The summed E-state index contributed by atoms with van der Waals surface area (Å²) >= 11 is 1.70. The van der Waals surface area contributed by atoms with Crippen molar-refractivity contribution in [2.75, 3.05) is 12.4 Å². The molecule has 18 heavy (non-hydrogen) atoms. The predicted octanol–water partition coefficient (Wildman–Crippen LogP) is 3.13. The van der Waals surface area contributed by atoms with Crippen LogP contribution in [0.1, 0.15) is 30.6 Å². The molecular weight excluding hydrogens is 249 g/mol. The fourth-order valence-electron chi connectivity index (χ4n) is 2.22. The van der Waals surface area contributed by atoms with Crippen LogP contribution < -0.4 is 5.73 Å². The molecule has 4 heteroatoms. The largest absolute Gasteiger partial charge is 0.377 e. The Bertz CT molecular complexity index is 380. The minimum absolute atomic E-state index is 0.00426. The van der Waals surface area contributed by atoms with E-state index >= 15 is 0 Å². The van der Waals surface area contributed by atoms with E-state index in [1.807, 2.05) is 19.1 Å². The second-order valence-electron chi connectivity index (χ2n) is 4.77. The average molecular weight is 269 g/mol. The standard InChI is InChI=1S/C14H20FNOS/c1-10(16)14(12-6-2-3-7-13(12)15)18-9-11-5-4-8-17-11/h2-3,6-7,10-11,14H,4-5,8-9,16H2,1H3. The maximum absolute atomic E-state index is 13.8. The lowest BCUT2D eigenvalue weighted by Gasteiger charge is -2.22. The zero-order valence-corrected chi connectivity index (χ0v) is 11.5. The maximum Gasteiger partial charge on any atom is 0.127 e. The molecule has 1 aliphatic rings. The Hall–Kier alpha value is -0.580. The molecule has 3 atom stereocenters. The number of halogens is 1. The van der Waals surface area contributed by atoms with Gasteiger partial charge in [-0.25, -0.2) is 4.39 Å². The van der Waals surface area contributed by atoms with E-state index < -0.39 is 0 Å². The molecule has 1 fully saturated rings. The molecule has 0 radical (unpaired) electrons. The summed E-state index contributed by atoms with van der Waals surface area (Å²) < 4.78 is 19.4. The molecule has 1 aromatic carbocycles. The lowest BCUT2D eigenvalue weighted by molar-refractivity contribution is 0.128. The monoisotopic (exact) mass is 269 g/mol. The molecule has 0 saturated carbocycles. The van der Waals surface area contributed by atoms with Crippen LogP contribution in [0.25, 0.3) is 0 Å². The van der Waals surface area contributed by atoms with E-state index in [4.69, 9.17) is 10.5 Å². The zero-order chi connectivity index (χ0) is 13.0. The summed E-state index contributed by atoms with van der Waals surface area (Å²) in [6.07, 6.45) is 2.55. The summed E-state index contributed by atoms with van der Waals surface area (Å²) in [5.74, 6) is 0.722. The SMILES string of the molecule is CC(N)C(SCC1CCCO1)c1ccccc1F. The molecular formula is C14H20FNOS. The van der Waals surface area contributed by atoms with Crippen LogP contribution in [0.15, 0.2) is 24.3 Å². The van der Waals surface area contributed by atoms with Gasteiger partial charge in [0.2, 0.25) is 0 Å². The van der Waals surface area contributed by atoms with Crippen molar-refractivity contribution in [3.05, 3.63) is 35.6 Å². The number of ether oxygens (including phenoxy) is 1. The van der Waals surface area contributed by atoms with Crippen molar-refractivity contribution >= 4 is 11.8 Å². The molecule has 0 bridgehead atoms. The highest BCUT2D eigenvalue weighted by Crippen LogP contribution is 2.34. The van der Waals surface area contributed by atoms with Gasteiger partial charge in [-0.05, 0) is 25.8 Å². The van der Waals surface area contributed by atoms with Gasteiger partial charge in [0.25, 0.3) is 0 Å². The molecule has 0 aliphatic carbocycles. The van der Waals surface area contributed by atoms with Crippen molar-refractivity contribution in [2.45, 2.75) is 37.2 Å². The Morgan fingerprint density at radius 3 is 2.89 bits per heavy atom. The summed E-state index contributed by atoms with van der Waals surface area (Å²) in [6.45, 7) is 2.79. The van der Waals surface area contributed by atoms with Gasteiger partial charge in [-0.3, -0.25) is 0 Å². The Morgan fingerprint density at radius 1 is 1.50 bits per heavy atom. The van der Waals surface area contributed by atoms with Crippen molar-refractivity contribution in [3.8, 4) is 0 Å². The van der Waals surface area contributed by atoms with Crippen LogP contribution >= 0.6 is 11.8 Å². The lowest BCUT2D eigenvalue weighted by Crippen LogP contribution is -2.25. The maximum atomic E-state index is 13.8. The van der Waals surface area contributed by atoms with Crippen LogP contribution in [0, 0.1) is 5.82 Å². The highest BCUT2D eigenvalue weighted by Gasteiger charge is 2.23. The van der Waals surface area contributed by atoms with Gasteiger partial charge >= 0.3 is 0 Å². The zero-order valence-electron chi connectivity index (χ0n) is 10.6. The lowest BCUT2D eigenvalue weighted by atomic mass is 10.1. The van der Waals surface area contributed by atoms with Crippen molar-refractivity contribution < 1.29 is 9.13 Å². The minimum atomic E-state index is -0.167. The topological polar surface area (TPSA) is 35.2 Å². The van der Waals surface area contributed by atoms with Crippen LogP contribution in [0.4, 0.5) is 4.39 Å². The van der Waals surface area contributed by atoms with E-state index in [-0.39, 0.29) is 17.1 Å². The first-order valence-electron chi connectivity index (χ1n) is 6.41. The minimum Gasteiger partial charge on any atom is -0.377 e. The number of nitrogens with two attached hydrogens (primary N) is 1. The summed E-state index contributed by atoms with van der Waals surface area (Å²) in [4.78, 5) is 0. The first-order valence-corrected chi connectivity index (χ1v) is 7.46. The number of benzene rings is 1. The molecule has 0 amide bonds. The van der Waals surface area contributed by atoms with Gasteiger partial charge in [-0.2, -0.15) is 0 Å². The number of rotatable bonds is 5. The van der Waals surface area contributed by atoms with Crippen LogP contribution in [-0.2, 0) is 4.74 Å². The third kappa shape index (κ3) is 3.46. The van der Waals surface area contributed by atoms with E-state index in [1.54, 1.807) is 17.8 Å². The Balaban J connectivity index is 2.01. The molecule has 3 unspecified atom stereocenters. The van der Waals surface area contributed by atoms with Crippen molar-refractivity contribution in [2.24, 2.45) is 5.73 Å². The summed E-state index contributed by atoms with van der Waals surface area (Å²) in [5.41, 5.74) is 6.70. The van der Waals surface area contributed by atoms with E-state index in [0.29, 0.717) is 11.7 Å². The third-order valence-electron chi connectivity index (χ3n) is 3.17. The van der Waals surface area contributed by atoms with Gasteiger partial charge in [-0.1, -0.05) is 18.2 Å². The fourth-order valence-corrected chi connectivity index (χ4v) is 3.58. The Labute approximate surface area is 112 Å². The smallest absolute Gasteiger partial charge is 0.127 e. The van der Waals surface area contributed by atoms with E-state index in [0.717, 1.165) is 25.2 Å². The van der Waals surface area contributed by atoms with E-state index in [1.165, 1.54) is 6.07 Å². The second kappa shape index (κ2) is 6.55. The normalized spacial score (nSPS) is 22.9. The van der Waals surface area contributed by atoms with Gasteiger partial charge < -0.3 is 10.5 Å². The van der Waals surface area contributed by atoms with Crippen molar-refractivity contribution in [1.82, 2.24) is 0 Å². The summed E-state index contributed by atoms with van der Waals surface area (Å²) in [6, 6.07) is 6.82. The third-order valence-corrected chi connectivity index (χ3v) is 4.78. The van der Waals surface area contributed by atoms with E-state index in [9.17, 15) is 4.39 Å². The van der Waals surface area contributed by atoms with E-state index in [2.05, 4.69) is 0 Å². The van der Waals surface area contributed by atoms with Crippen LogP contribution in [0.2, 0.25) is 0 Å². The molecule has 2 nitrogen and oxygen atoms in total. The quantitative estimate of drug-likeness (QED) is 0.892. The summed E-state index contributed by atoms with van der Waals surface area (Å²) in [7, 11) is 0. The number of hydrogen-bond acceptors (Lipinski definition) is 3. The van der Waals surface area contributed by atoms with Gasteiger partial charge in [0.1, 0.15) is 5.82 Å². The van der Waals surface area contributed by atoms with Gasteiger partial charge in [0, 0.05) is 29.2 Å². The molecule has 1 aliphatic heterocycles. The van der Waals surface area contributed by atoms with Crippen LogP contribution in [0.5, 0.6) is 0 Å². The van der Waals surface area contributed by atoms with Crippen molar-refractivity contribution in [1.29, 1.82) is 0 Å². The van der Waals surface area contributed by atoms with Gasteiger partial charge in [-0.15, -0.1) is 11.8 Å². The average Bonchev–Trinajstić information content (AvgIpc) is 2.84. The van der Waals surface area contributed by atoms with Crippen LogP contribution in [-0.4, -0.2) is 24.5 Å². The van der Waals surface area contributed by atoms with Gasteiger partial charge in [0.15, 0.2) is 0 Å². The molecule has 100 valence electrons. The van der Waals surface area contributed by atoms with Crippen LogP contribution in [0.3, 0.4) is 0 Å². The molecule has 1 aromatic rings. The Morgan fingerprint density at radius 2 is 2.28 bits per heavy atom. The molecule has 1 saturated heterocycles. The first-order chi connectivity index (χ1) is 8.68. The second-order valence-corrected chi connectivity index (χ2v) is 5.94. The summed E-state index contributed by atoms with van der Waals surface area (Å²) in [5, 5.41) is -0.00426.